The third-order valence-electron chi connectivity index (χ3n) is 5.84. The second-order valence-electron chi connectivity index (χ2n) is 8.32. The Morgan fingerprint density at radius 3 is 2.34 bits per heavy atom. The fourth-order valence-electron chi connectivity index (χ4n) is 3.98. The number of sulfonamides is 1. The van der Waals surface area contributed by atoms with Gasteiger partial charge in [0.05, 0.1) is 15.5 Å². The van der Waals surface area contributed by atoms with Crippen molar-refractivity contribution >= 4 is 32.4 Å². The second-order valence-corrected chi connectivity index (χ2v) is 10.7. The van der Waals surface area contributed by atoms with Crippen LogP contribution in [0.15, 0.2) is 65.6 Å². The van der Waals surface area contributed by atoms with Crippen LogP contribution >= 0.6 is 11.6 Å². The molecule has 0 spiro atoms. The molecule has 3 aromatic carbocycles. The van der Waals surface area contributed by atoms with Crippen LogP contribution < -0.4 is 4.74 Å². The van der Waals surface area contributed by atoms with Crippen molar-refractivity contribution in [2.45, 2.75) is 17.2 Å². The van der Waals surface area contributed by atoms with E-state index in [0.717, 1.165) is 27.2 Å². The number of hydrogen-bond donors (Lipinski definition) is 1. The Labute approximate surface area is 206 Å². The minimum Gasteiger partial charge on any atom is -0.491 e. The Bertz CT molecular complexity index is 1300. The van der Waals surface area contributed by atoms with Crippen LogP contribution in [-0.4, -0.2) is 68.2 Å². The van der Waals surface area contributed by atoms with Crippen LogP contribution in [0.1, 0.15) is 5.56 Å². The minimum absolute atomic E-state index is 0.0713. The predicted molar refractivity (Wildman–Crippen MR) is 127 cm³/mol. The van der Waals surface area contributed by atoms with Crippen molar-refractivity contribution in [3.63, 3.8) is 0 Å². The van der Waals surface area contributed by atoms with Gasteiger partial charge in [0, 0.05) is 32.7 Å². The first-order chi connectivity index (χ1) is 16.5. The summed E-state index contributed by atoms with van der Waals surface area (Å²) in [6.07, 6.45) is -5.55. The fraction of sp³-hybridized carbons (Fsp3) is 0.333. The minimum atomic E-state index is -4.76. The van der Waals surface area contributed by atoms with Gasteiger partial charge < -0.3 is 9.84 Å². The van der Waals surface area contributed by atoms with Crippen molar-refractivity contribution in [1.82, 2.24) is 9.21 Å². The number of halogens is 4. The number of fused-ring (bicyclic) bond motifs is 1. The molecule has 4 rings (SSSR count). The first-order valence-corrected chi connectivity index (χ1v) is 12.7. The lowest BCUT2D eigenvalue weighted by atomic mass is 10.1. The van der Waals surface area contributed by atoms with Crippen LogP contribution in [0.25, 0.3) is 10.8 Å². The van der Waals surface area contributed by atoms with Crippen molar-refractivity contribution in [3.05, 3.63) is 71.2 Å². The van der Waals surface area contributed by atoms with Crippen LogP contribution in [0.2, 0.25) is 5.02 Å². The Hall–Kier alpha value is -2.37. The molecular weight excluding hydrogens is 505 g/mol. The molecule has 1 aliphatic heterocycles. The molecule has 0 aromatic heterocycles. The van der Waals surface area contributed by atoms with Gasteiger partial charge in [0.2, 0.25) is 10.0 Å². The standard InChI is InChI=1S/C24H24ClF3N2O4S/c25-23-8-7-21(14-22(23)24(26,27)28)35(32,33)30-11-9-29(10-12-30)15-19(31)16-34-20-6-5-17-3-1-2-4-18(17)13-20/h1-8,13-14,19,31H,9-12,15-16H2/t19-/m1/s1. The summed E-state index contributed by atoms with van der Waals surface area (Å²) in [4.78, 5) is 1.44. The summed E-state index contributed by atoms with van der Waals surface area (Å²) >= 11 is 5.61. The van der Waals surface area contributed by atoms with Crippen molar-refractivity contribution in [3.8, 4) is 5.75 Å². The number of piperazine rings is 1. The summed E-state index contributed by atoms with van der Waals surface area (Å²) < 4.78 is 72.0. The quantitative estimate of drug-likeness (QED) is 0.496. The molecule has 188 valence electrons. The molecule has 1 heterocycles. The van der Waals surface area contributed by atoms with E-state index in [4.69, 9.17) is 16.3 Å². The number of benzene rings is 3. The number of β-amino-alcohol motifs (C(OH)–C–C–N with tert-alkyl or cyclic N) is 1. The van der Waals surface area contributed by atoms with Crippen molar-refractivity contribution in [2.24, 2.45) is 0 Å². The summed E-state index contributed by atoms with van der Waals surface area (Å²) in [5, 5.41) is 12.0. The SMILES string of the molecule is O=S(=O)(c1ccc(Cl)c(C(F)(F)F)c1)N1CCN(C[C@@H](O)COc2ccc3ccccc3c2)CC1. The predicted octanol–water partition coefficient (Wildman–Crippen LogP) is 4.26. The van der Waals surface area contributed by atoms with E-state index in [1.165, 1.54) is 0 Å². The molecule has 1 saturated heterocycles. The van der Waals surface area contributed by atoms with E-state index < -0.39 is 37.8 Å². The first-order valence-electron chi connectivity index (χ1n) is 10.9. The number of aliphatic hydroxyl groups is 1. The van der Waals surface area contributed by atoms with Gasteiger partial charge in [0.25, 0.3) is 0 Å². The second kappa shape index (κ2) is 10.3. The molecule has 0 aliphatic carbocycles. The number of rotatable bonds is 7. The van der Waals surface area contributed by atoms with Gasteiger partial charge in [0.1, 0.15) is 18.5 Å². The van der Waals surface area contributed by atoms with E-state index in [-0.39, 0.29) is 26.2 Å². The lowest BCUT2D eigenvalue weighted by Crippen LogP contribution is -2.50. The highest BCUT2D eigenvalue weighted by Crippen LogP contribution is 2.36. The zero-order valence-corrected chi connectivity index (χ0v) is 20.2. The molecule has 0 bridgehead atoms. The maximum atomic E-state index is 13.1. The topological polar surface area (TPSA) is 70.1 Å². The Balaban J connectivity index is 1.31. The van der Waals surface area contributed by atoms with Gasteiger partial charge in [-0.15, -0.1) is 0 Å². The third kappa shape index (κ3) is 6.07. The molecule has 0 unspecified atom stereocenters. The molecule has 1 N–H and O–H groups in total. The molecule has 0 radical (unpaired) electrons. The van der Waals surface area contributed by atoms with E-state index in [2.05, 4.69) is 0 Å². The van der Waals surface area contributed by atoms with Gasteiger partial charge >= 0.3 is 6.18 Å². The highest BCUT2D eigenvalue weighted by molar-refractivity contribution is 7.89. The lowest BCUT2D eigenvalue weighted by molar-refractivity contribution is -0.137. The van der Waals surface area contributed by atoms with Gasteiger partial charge in [-0.1, -0.05) is 41.9 Å². The van der Waals surface area contributed by atoms with E-state index in [0.29, 0.717) is 24.9 Å². The number of ether oxygens (including phenoxy) is 1. The highest BCUT2D eigenvalue weighted by atomic mass is 35.5. The normalized spacial score (nSPS) is 16.9. The van der Waals surface area contributed by atoms with Crippen LogP contribution in [0.3, 0.4) is 0 Å². The Morgan fingerprint density at radius 2 is 1.66 bits per heavy atom. The molecular formula is C24H24ClF3N2O4S. The van der Waals surface area contributed by atoms with Crippen LogP contribution in [0, 0.1) is 0 Å². The lowest BCUT2D eigenvalue weighted by Gasteiger charge is -2.35. The molecule has 1 fully saturated rings. The van der Waals surface area contributed by atoms with Gasteiger partial charge in [0.15, 0.2) is 0 Å². The van der Waals surface area contributed by atoms with Crippen LogP contribution in [-0.2, 0) is 16.2 Å². The van der Waals surface area contributed by atoms with E-state index in [9.17, 15) is 26.7 Å². The third-order valence-corrected chi connectivity index (χ3v) is 8.07. The van der Waals surface area contributed by atoms with Gasteiger partial charge in [-0.05, 0) is 41.1 Å². The number of aliphatic hydroxyl groups excluding tert-OH is 1. The molecule has 1 aliphatic rings. The smallest absolute Gasteiger partial charge is 0.417 e. The average molecular weight is 529 g/mol. The average Bonchev–Trinajstić information content (AvgIpc) is 2.82. The highest BCUT2D eigenvalue weighted by Gasteiger charge is 2.36. The molecule has 3 aromatic rings. The number of alkyl halides is 3. The van der Waals surface area contributed by atoms with Crippen LogP contribution in [0.4, 0.5) is 13.2 Å². The van der Waals surface area contributed by atoms with E-state index >= 15 is 0 Å². The van der Waals surface area contributed by atoms with Crippen molar-refractivity contribution < 1.29 is 31.4 Å². The Kier molecular flexibility index (Phi) is 7.58. The summed E-state index contributed by atoms with van der Waals surface area (Å²) in [7, 11) is -4.12. The Morgan fingerprint density at radius 1 is 0.971 bits per heavy atom. The zero-order valence-electron chi connectivity index (χ0n) is 18.6. The van der Waals surface area contributed by atoms with Crippen LogP contribution in [0.5, 0.6) is 5.75 Å². The summed E-state index contributed by atoms with van der Waals surface area (Å²) in [6.45, 7) is 1.18. The summed E-state index contributed by atoms with van der Waals surface area (Å²) in [5.41, 5.74) is -1.19. The molecule has 1 atom stereocenters. The van der Waals surface area contributed by atoms with Gasteiger partial charge in [-0.25, -0.2) is 8.42 Å². The fourth-order valence-corrected chi connectivity index (χ4v) is 5.66. The molecule has 0 amide bonds. The largest absolute Gasteiger partial charge is 0.491 e. The molecule has 0 saturated carbocycles. The number of nitrogens with zero attached hydrogens (tertiary/aromatic N) is 2. The molecule has 6 nitrogen and oxygen atoms in total. The molecule has 35 heavy (non-hydrogen) atoms. The van der Waals surface area contributed by atoms with Crippen molar-refractivity contribution in [1.29, 1.82) is 0 Å². The monoisotopic (exact) mass is 528 g/mol. The van der Waals surface area contributed by atoms with E-state index in [1.54, 1.807) is 0 Å². The first kappa shape index (κ1) is 25.7. The van der Waals surface area contributed by atoms with Gasteiger partial charge in [-0.3, -0.25) is 4.90 Å². The summed E-state index contributed by atoms with van der Waals surface area (Å²) in [5.74, 6) is 0.639. The van der Waals surface area contributed by atoms with Crippen molar-refractivity contribution in [2.75, 3.05) is 39.3 Å². The zero-order chi connectivity index (χ0) is 25.2. The maximum Gasteiger partial charge on any atom is 0.417 e. The molecule has 11 heteroatoms. The van der Waals surface area contributed by atoms with Gasteiger partial charge in [-0.2, -0.15) is 17.5 Å². The summed E-state index contributed by atoms with van der Waals surface area (Å²) in [6, 6.07) is 16.1. The maximum absolute atomic E-state index is 13.1. The van der Waals surface area contributed by atoms with E-state index in [1.807, 2.05) is 47.4 Å². The number of hydrogen-bond acceptors (Lipinski definition) is 5.